The average Bonchev–Trinajstić information content (AvgIpc) is 2.83. The van der Waals surface area contributed by atoms with Crippen molar-refractivity contribution in [2.45, 2.75) is 62.7 Å². The van der Waals surface area contributed by atoms with Crippen molar-refractivity contribution in [1.82, 2.24) is 4.90 Å². The first-order valence-electron chi connectivity index (χ1n) is 12.2. The van der Waals surface area contributed by atoms with Crippen LogP contribution in [0.25, 0.3) is 0 Å². The Hall–Kier alpha value is -3.65. The van der Waals surface area contributed by atoms with Crippen molar-refractivity contribution in [1.29, 1.82) is 5.41 Å². The molecule has 0 aliphatic carbocycles. The number of amides is 1. The number of hydrogen-bond donors (Lipinski definition) is 5. The SMILES string of the molecule is CC(C)(C)c1ccc(S(=O)(=O)CC(=O)N(CCCC(N)C(=O)O)C(=N)N)c(NCc2ccc(C(F)(F)F)cc2)c1. The Labute approximate surface area is 231 Å². The molecule has 1 amide bonds. The zero-order valence-corrected chi connectivity index (χ0v) is 23.2. The smallest absolute Gasteiger partial charge is 0.416 e. The van der Waals surface area contributed by atoms with Crippen LogP contribution in [0, 0.1) is 5.41 Å². The lowest BCUT2D eigenvalue weighted by Crippen LogP contribution is -2.45. The van der Waals surface area contributed by atoms with Gasteiger partial charge in [-0.25, -0.2) is 8.42 Å². The highest BCUT2D eigenvalue weighted by Gasteiger charge is 2.30. The number of nitrogens with zero attached hydrogens (tertiary/aromatic N) is 1. The molecule has 0 spiro atoms. The van der Waals surface area contributed by atoms with Gasteiger partial charge in [0.1, 0.15) is 11.8 Å². The lowest BCUT2D eigenvalue weighted by Gasteiger charge is -2.23. The Balaban J connectivity index is 2.31. The lowest BCUT2D eigenvalue weighted by molar-refractivity contribution is -0.139. The molecule has 0 heterocycles. The van der Waals surface area contributed by atoms with Crippen LogP contribution in [0.1, 0.15) is 50.3 Å². The van der Waals surface area contributed by atoms with Crippen molar-refractivity contribution in [3.8, 4) is 0 Å². The minimum Gasteiger partial charge on any atom is -0.480 e. The molecule has 0 aliphatic rings. The summed E-state index contributed by atoms with van der Waals surface area (Å²) in [6, 6.07) is 7.80. The Kier molecular flexibility index (Phi) is 10.3. The highest BCUT2D eigenvalue weighted by molar-refractivity contribution is 7.92. The van der Waals surface area contributed by atoms with Crippen molar-refractivity contribution in [3.63, 3.8) is 0 Å². The number of rotatable bonds is 11. The van der Waals surface area contributed by atoms with Crippen LogP contribution in [0.5, 0.6) is 0 Å². The molecule has 0 radical (unpaired) electrons. The van der Waals surface area contributed by atoms with E-state index in [4.69, 9.17) is 22.0 Å². The van der Waals surface area contributed by atoms with Crippen LogP contribution in [-0.2, 0) is 37.6 Å². The summed E-state index contributed by atoms with van der Waals surface area (Å²) in [5, 5.41) is 19.5. The fourth-order valence-corrected chi connectivity index (χ4v) is 5.08. The van der Waals surface area contributed by atoms with Crippen molar-refractivity contribution in [2.75, 3.05) is 17.6 Å². The minimum atomic E-state index is -4.49. The van der Waals surface area contributed by atoms with Crippen LogP contribution >= 0.6 is 0 Å². The number of sulfone groups is 1. The number of carboxylic acids is 1. The van der Waals surface area contributed by atoms with Crippen molar-refractivity contribution in [2.24, 2.45) is 11.5 Å². The Morgan fingerprint density at radius 3 is 2.15 bits per heavy atom. The second-order valence-corrected chi connectivity index (χ2v) is 12.2. The summed E-state index contributed by atoms with van der Waals surface area (Å²) >= 11 is 0. The fraction of sp³-hybridized carbons (Fsp3) is 0.423. The van der Waals surface area contributed by atoms with E-state index in [2.05, 4.69) is 5.32 Å². The second-order valence-electron chi connectivity index (χ2n) is 10.3. The predicted molar refractivity (Wildman–Crippen MR) is 144 cm³/mol. The van der Waals surface area contributed by atoms with E-state index in [0.29, 0.717) is 5.56 Å². The number of halogens is 3. The number of guanidine groups is 1. The van der Waals surface area contributed by atoms with Gasteiger partial charge in [-0.2, -0.15) is 13.2 Å². The molecule has 10 nitrogen and oxygen atoms in total. The van der Waals surface area contributed by atoms with E-state index in [-0.39, 0.29) is 41.9 Å². The van der Waals surface area contributed by atoms with Gasteiger partial charge in [-0.15, -0.1) is 0 Å². The molecule has 0 fully saturated rings. The first-order valence-corrected chi connectivity index (χ1v) is 13.9. The number of aliphatic carboxylic acids is 1. The van der Waals surface area contributed by atoms with E-state index in [1.807, 2.05) is 20.8 Å². The summed E-state index contributed by atoms with van der Waals surface area (Å²) < 4.78 is 65.4. The van der Waals surface area contributed by atoms with Crippen LogP contribution in [0.3, 0.4) is 0 Å². The standard InChI is InChI=1S/C26H34F3N5O5S/c1-25(2,3)18-10-11-21(20(13-18)33-14-16-6-8-17(9-7-16)26(27,28)29)40(38,39)15-22(35)34(24(31)32)12-4-5-19(30)23(36)37/h6-11,13,19,33H,4-5,12,14-15,30H2,1-3H3,(H3,31,32)(H,36,37). The Bertz CT molecular complexity index is 1340. The number of carbonyl (C=O) groups excluding carboxylic acids is 1. The van der Waals surface area contributed by atoms with E-state index >= 15 is 0 Å². The highest BCUT2D eigenvalue weighted by Crippen LogP contribution is 2.32. The van der Waals surface area contributed by atoms with Gasteiger partial charge in [0.2, 0.25) is 5.91 Å². The zero-order chi connectivity index (χ0) is 30.5. The summed E-state index contributed by atoms with van der Waals surface area (Å²) in [7, 11) is -4.29. The summed E-state index contributed by atoms with van der Waals surface area (Å²) in [6.45, 7) is 5.56. The van der Waals surface area contributed by atoms with Crippen molar-refractivity contribution < 1.29 is 36.3 Å². The monoisotopic (exact) mass is 585 g/mol. The van der Waals surface area contributed by atoms with Crippen LogP contribution in [0.4, 0.5) is 18.9 Å². The number of hydrogen-bond acceptors (Lipinski definition) is 7. The van der Waals surface area contributed by atoms with Gasteiger partial charge in [0.25, 0.3) is 0 Å². The van der Waals surface area contributed by atoms with Crippen LogP contribution in [0.2, 0.25) is 0 Å². The molecule has 40 heavy (non-hydrogen) atoms. The zero-order valence-electron chi connectivity index (χ0n) is 22.4. The summed E-state index contributed by atoms with van der Waals surface area (Å²) in [5.41, 5.74) is 11.1. The molecule has 2 aromatic carbocycles. The van der Waals surface area contributed by atoms with Gasteiger partial charge < -0.3 is 21.9 Å². The van der Waals surface area contributed by atoms with E-state index in [0.717, 1.165) is 22.6 Å². The minimum absolute atomic E-state index is 0.00556. The molecule has 7 N–H and O–H groups in total. The third-order valence-electron chi connectivity index (χ3n) is 6.06. The van der Waals surface area contributed by atoms with Crippen LogP contribution in [0.15, 0.2) is 47.4 Å². The predicted octanol–water partition coefficient (Wildman–Crippen LogP) is 3.30. The third-order valence-corrected chi connectivity index (χ3v) is 7.72. The molecule has 14 heteroatoms. The molecule has 0 aliphatic heterocycles. The number of nitrogens with two attached hydrogens (primary N) is 2. The number of anilines is 1. The number of benzene rings is 2. The first-order chi connectivity index (χ1) is 18.3. The molecule has 0 saturated carbocycles. The van der Waals surface area contributed by atoms with Gasteiger partial charge in [0.15, 0.2) is 15.8 Å². The van der Waals surface area contributed by atoms with Gasteiger partial charge in [-0.3, -0.25) is 19.9 Å². The fourth-order valence-electron chi connectivity index (χ4n) is 3.71. The van der Waals surface area contributed by atoms with Crippen LogP contribution < -0.4 is 16.8 Å². The molecule has 0 saturated heterocycles. The topological polar surface area (TPSA) is 180 Å². The molecule has 1 atom stereocenters. The molecule has 2 aromatic rings. The Morgan fingerprint density at radius 2 is 1.65 bits per heavy atom. The van der Waals surface area contributed by atoms with Crippen molar-refractivity contribution in [3.05, 3.63) is 59.2 Å². The largest absolute Gasteiger partial charge is 0.480 e. The number of alkyl halides is 3. The summed E-state index contributed by atoms with van der Waals surface area (Å²) in [4.78, 5) is 24.3. The molecule has 220 valence electrons. The molecule has 0 aromatic heterocycles. The quantitative estimate of drug-likeness (QED) is 0.197. The molecular weight excluding hydrogens is 551 g/mol. The van der Waals surface area contributed by atoms with Crippen LogP contribution in [-0.4, -0.2) is 54.6 Å². The van der Waals surface area contributed by atoms with Gasteiger partial charge in [-0.1, -0.05) is 39.0 Å². The van der Waals surface area contributed by atoms with Gasteiger partial charge in [0.05, 0.1) is 16.1 Å². The first kappa shape index (κ1) is 32.6. The molecule has 1 unspecified atom stereocenters. The molecule has 2 rings (SSSR count). The third kappa shape index (κ3) is 8.95. The van der Waals surface area contributed by atoms with Crippen molar-refractivity contribution >= 4 is 33.4 Å². The van der Waals surface area contributed by atoms with E-state index in [1.165, 1.54) is 18.2 Å². The van der Waals surface area contributed by atoms with Gasteiger partial charge in [0, 0.05) is 13.1 Å². The maximum atomic E-state index is 13.4. The Morgan fingerprint density at radius 1 is 1.07 bits per heavy atom. The second kappa shape index (κ2) is 12.7. The lowest BCUT2D eigenvalue weighted by atomic mass is 9.87. The maximum absolute atomic E-state index is 13.4. The maximum Gasteiger partial charge on any atom is 0.416 e. The number of carboxylic acid groups (broad SMARTS) is 1. The van der Waals surface area contributed by atoms with Gasteiger partial charge >= 0.3 is 12.1 Å². The van der Waals surface area contributed by atoms with E-state index in [9.17, 15) is 31.2 Å². The van der Waals surface area contributed by atoms with Gasteiger partial charge in [-0.05, 0) is 53.6 Å². The summed E-state index contributed by atoms with van der Waals surface area (Å²) in [6.07, 6.45) is -4.44. The number of nitrogens with one attached hydrogen (secondary N) is 2. The normalized spacial score (nSPS) is 13.0. The van der Waals surface area contributed by atoms with E-state index in [1.54, 1.807) is 12.1 Å². The average molecular weight is 586 g/mol. The molecule has 0 bridgehead atoms. The van der Waals surface area contributed by atoms with E-state index < -0.39 is 51.2 Å². The summed E-state index contributed by atoms with van der Waals surface area (Å²) in [5.74, 6) is -3.95. The number of carbonyl (C=O) groups is 2. The molecular formula is C26H34F3N5O5S. The highest BCUT2D eigenvalue weighted by atomic mass is 32.2.